The second-order valence-electron chi connectivity index (χ2n) is 3.45. The first-order valence-electron chi connectivity index (χ1n) is 4.88. The van der Waals surface area contributed by atoms with E-state index >= 15 is 0 Å². The lowest BCUT2D eigenvalue weighted by molar-refractivity contribution is 0.571. The fourth-order valence-corrected chi connectivity index (χ4v) is 2.97. The molecule has 1 aromatic rings. The number of rotatable bonds is 0. The van der Waals surface area contributed by atoms with Gasteiger partial charge in [0.25, 0.3) is 0 Å². The van der Waals surface area contributed by atoms with E-state index in [1.54, 1.807) is 6.07 Å². The lowest BCUT2D eigenvalue weighted by atomic mass is 10.3. The zero-order valence-corrected chi connectivity index (χ0v) is 10.1. The van der Waals surface area contributed by atoms with Crippen LogP contribution in [0.2, 0.25) is 0 Å². The zero-order chi connectivity index (χ0) is 11.8. The van der Waals surface area contributed by atoms with Gasteiger partial charge in [-0.2, -0.15) is 0 Å². The SMILES string of the molecule is O=S=c1ccc2oc3ccccc3sc=2c1=O. The normalized spacial score (nSPS) is 10.8. The molecule has 0 radical (unpaired) electrons. The van der Waals surface area contributed by atoms with Crippen LogP contribution in [0.4, 0.5) is 0 Å². The molecular formula is C12H6O3S2. The van der Waals surface area contributed by atoms with Gasteiger partial charge >= 0.3 is 0 Å². The van der Waals surface area contributed by atoms with Gasteiger partial charge in [0.15, 0.2) is 0 Å². The van der Waals surface area contributed by atoms with Gasteiger partial charge in [0.1, 0.15) is 31.3 Å². The van der Waals surface area contributed by atoms with Gasteiger partial charge in [-0.05, 0) is 24.3 Å². The zero-order valence-electron chi connectivity index (χ0n) is 8.51. The number of hydrogen-bond donors (Lipinski definition) is 0. The Morgan fingerprint density at radius 1 is 1.12 bits per heavy atom. The summed E-state index contributed by atoms with van der Waals surface area (Å²) < 4.78 is 18.0. The van der Waals surface area contributed by atoms with E-state index in [1.807, 2.05) is 24.3 Å². The summed E-state index contributed by atoms with van der Waals surface area (Å²) in [4.78, 5) is 11.9. The summed E-state index contributed by atoms with van der Waals surface area (Å²) in [6, 6.07) is 10.7. The molecule has 17 heavy (non-hydrogen) atoms. The van der Waals surface area contributed by atoms with Crippen LogP contribution < -0.4 is 5.43 Å². The van der Waals surface area contributed by atoms with E-state index in [0.29, 0.717) is 9.95 Å². The Labute approximate surface area is 103 Å². The monoisotopic (exact) mass is 262 g/mol. The minimum absolute atomic E-state index is 0.208. The molecule has 1 aliphatic carbocycles. The fourth-order valence-electron chi connectivity index (χ4n) is 1.62. The highest BCUT2D eigenvalue weighted by Gasteiger charge is 2.02. The van der Waals surface area contributed by atoms with E-state index in [4.69, 9.17) is 4.42 Å². The Balaban J connectivity index is 2.70. The molecule has 3 rings (SSSR count). The van der Waals surface area contributed by atoms with Crippen LogP contribution in [-0.4, -0.2) is 4.21 Å². The van der Waals surface area contributed by atoms with Crippen LogP contribution in [0.25, 0.3) is 10.3 Å². The summed E-state index contributed by atoms with van der Waals surface area (Å²) in [7, 11) is 0. The lowest BCUT2D eigenvalue weighted by Crippen LogP contribution is -2.03. The van der Waals surface area contributed by atoms with Gasteiger partial charge in [-0.15, -0.1) is 11.3 Å². The van der Waals surface area contributed by atoms with Gasteiger partial charge in [0.2, 0.25) is 5.43 Å². The Morgan fingerprint density at radius 2 is 1.94 bits per heavy atom. The van der Waals surface area contributed by atoms with E-state index < -0.39 is 0 Å². The largest absolute Gasteiger partial charge is 0.454 e. The van der Waals surface area contributed by atoms with E-state index in [-0.39, 0.29) is 21.2 Å². The smallest absolute Gasteiger partial charge is 0.219 e. The van der Waals surface area contributed by atoms with Crippen molar-refractivity contribution < 1.29 is 8.63 Å². The van der Waals surface area contributed by atoms with Crippen molar-refractivity contribution in [2.75, 3.05) is 0 Å². The maximum absolute atomic E-state index is 11.9. The first kappa shape index (κ1) is 10.4. The van der Waals surface area contributed by atoms with Crippen molar-refractivity contribution in [3.05, 3.63) is 61.1 Å². The molecule has 1 aliphatic heterocycles. The second-order valence-corrected chi connectivity index (χ2v) is 5.11. The van der Waals surface area contributed by atoms with Crippen LogP contribution in [0.1, 0.15) is 0 Å². The average Bonchev–Trinajstić information content (AvgIpc) is 2.37. The lowest BCUT2D eigenvalue weighted by Gasteiger charge is -1.96. The molecule has 2 aliphatic rings. The third kappa shape index (κ3) is 1.64. The Hall–Kier alpha value is -1.72. The number of para-hydroxylation sites is 1. The average molecular weight is 262 g/mol. The number of hydrogen-bond acceptors (Lipinski definition) is 4. The van der Waals surface area contributed by atoms with Crippen molar-refractivity contribution in [1.29, 1.82) is 0 Å². The summed E-state index contributed by atoms with van der Waals surface area (Å²) >= 11 is 1.57. The predicted molar refractivity (Wildman–Crippen MR) is 67.0 cm³/mol. The van der Waals surface area contributed by atoms with Crippen LogP contribution in [0.15, 0.2) is 45.6 Å². The van der Waals surface area contributed by atoms with Gasteiger partial charge in [0.05, 0.1) is 4.70 Å². The molecule has 1 heterocycles. The van der Waals surface area contributed by atoms with Crippen LogP contribution in [-0.2, 0) is 11.3 Å². The molecule has 0 unspecified atom stereocenters. The van der Waals surface area contributed by atoms with Crippen molar-refractivity contribution >= 4 is 32.9 Å². The van der Waals surface area contributed by atoms with E-state index in [1.165, 1.54) is 17.4 Å². The van der Waals surface area contributed by atoms with Gasteiger partial charge < -0.3 is 4.42 Å². The highest BCUT2D eigenvalue weighted by atomic mass is 32.1. The molecule has 0 aromatic heterocycles. The number of benzene rings is 1. The molecule has 1 aromatic carbocycles. The highest BCUT2D eigenvalue weighted by molar-refractivity contribution is 7.56. The maximum Gasteiger partial charge on any atom is 0.219 e. The summed E-state index contributed by atoms with van der Waals surface area (Å²) in [6.07, 6.45) is 0. The van der Waals surface area contributed by atoms with E-state index in [2.05, 4.69) is 0 Å². The fraction of sp³-hybridized carbons (Fsp3) is 0. The van der Waals surface area contributed by atoms with Crippen molar-refractivity contribution in [3.8, 4) is 0 Å². The van der Waals surface area contributed by atoms with Gasteiger partial charge in [-0.3, -0.25) is 4.79 Å². The Kier molecular flexibility index (Phi) is 2.42. The molecular weight excluding hydrogens is 256 g/mol. The molecule has 0 atom stereocenters. The molecule has 0 saturated carbocycles. The molecule has 84 valence electrons. The highest BCUT2D eigenvalue weighted by Crippen LogP contribution is 2.19. The summed E-state index contributed by atoms with van der Waals surface area (Å²) in [5.41, 5.74) is 1.02. The Bertz CT molecular complexity index is 917. The van der Waals surface area contributed by atoms with Crippen molar-refractivity contribution in [3.63, 3.8) is 0 Å². The van der Waals surface area contributed by atoms with Crippen LogP contribution >= 0.6 is 11.3 Å². The van der Waals surface area contributed by atoms with Gasteiger partial charge in [-0.1, -0.05) is 12.1 Å². The minimum atomic E-state index is -0.248. The third-order valence-corrected chi connectivity index (χ3v) is 4.06. The van der Waals surface area contributed by atoms with Crippen molar-refractivity contribution in [1.82, 2.24) is 0 Å². The summed E-state index contributed by atoms with van der Waals surface area (Å²) in [6.45, 7) is 0. The first-order chi connectivity index (χ1) is 8.29. The maximum atomic E-state index is 11.9. The second kappa shape index (κ2) is 3.94. The van der Waals surface area contributed by atoms with Crippen LogP contribution in [0.3, 0.4) is 0 Å². The number of fused-ring (bicyclic) bond motifs is 1. The standard InChI is InChI=1S/C12H6O3S2/c13-11-10(17-14)6-5-8-12(11)16-9-4-2-1-3-7(9)15-8/h1-6H. The van der Waals surface area contributed by atoms with Crippen molar-refractivity contribution in [2.24, 2.45) is 0 Å². The van der Waals surface area contributed by atoms with E-state index in [9.17, 15) is 9.00 Å². The molecule has 0 N–H and O–H groups in total. The molecule has 0 amide bonds. The quantitative estimate of drug-likeness (QED) is 0.584. The summed E-state index contributed by atoms with van der Waals surface area (Å²) in [5.74, 6) is 0. The molecule has 0 fully saturated rings. The Morgan fingerprint density at radius 3 is 2.76 bits per heavy atom. The molecule has 3 nitrogen and oxygen atoms in total. The molecule has 0 saturated heterocycles. The molecule has 0 spiro atoms. The van der Waals surface area contributed by atoms with Crippen LogP contribution in [0, 0.1) is 14.5 Å². The van der Waals surface area contributed by atoms with Crippen LogP contribution in [0.5, 0.6) is 0 Å². The van der Waals surface area contributed by atoms with Gasteiger partial charge in [-0.25, -0.2) is 4.21 Å². The first-order valence-corrected chi connectivity index (χ1v) is 6.44. The van der Waals surface area contributed by atoms with E-state index in [0.717, 1.165) is 10.3 Å². The minimum Gasteiger partial charge on any atom is -0.454 e. The van der Waals surface area contributed by atoms with Gasteiger partial charge in [0, 0.05) is 0 Å². The molecule has 0 bridgehead atoms. The summed E-state index contributed by atoms with van der Waals surface area (Å²) in [5, 5.41) is 0. The molecule has 5 heteroatoms. The van der Waals surface area contributed by atoms with Crippen molar-refractivity contribution in [2.45, 2.75) is 0 Å². The predicted octanol–water partition coefficient (Wildman–Crippen LogP) is 2.32. The third-order valence-electron chi connectivity index (χ3n) is 2.41. The topological polar surface area (TPSA) is 47.3 Å².